The first-order chi connectivity index (χ1) is 15.5. The van der Waals surface area contributed by atoms with E-state index in [2.05, 4.69) is 5.32 Å². The van der Waals surface area contributed by atoms with E-state index in [-0.39, 0.29) is 17.6 Å². The molecule has 5 nitrogen and oxygen atoms in total. The van der Waals surface area contributed by atoms with Gasteiger partial charge < -0.3 is 15.0 Å². The zero-order valence-corrected chi connectivity index (χ0v) is 17.9. The van der Waals surface area contributed by atoms with Gasteiger partial charge in [-0.05, 0) is 85.0 Å². The van der Waals surface area contributed by atoms with Gasteiger partial charge >= 0.3 is 0 Å². The topological polar surface area (TPSA) is 58.6 Å². The van der Waals surface area contributed by atoms with Gasteiger partial charge in [0.25, 0.3) is 11.8 Å². The van der Waals surface area contributed by atoms with Crippen molar-refractivity contribution in [2.24, 2.45) is 0 Å². The number of ether oxygens (including phenoxy) is 1. The molecule has 1 aliphatic heterocycles. The predicted molar refractivity (Wildman–Crippen MR) is 122 cm³/mol. The van der Waals surface area contributed by atoms with Crippen LogP contribution in [0.2, 0.25) is 0 Å². The van der Waals surface area contributed by atoms with Crippen molar-refractivity contribution in [1.29, 1.82) is 0 Å². The largest absolute Gasteiger partial charge is 0.497 e. The summed E-state index contributed by atoms with van der Waals surface area (Å²) in [6.07, 6.45) is 2.33. The van der Waals surface area contributed by atoms with Crippen molar-refractivity contribution in [1.82, 2.24) is 5.32 Å². The highest BCUT2D eigenvalue weighted by atomic mass is 19.1. The second-order valence-corrected chi connectivity index (χ2v) is 7.76. The van der Waals surface area contributed by atoms with Crippen LogP contribution in [0.15, 0.2) is 66.7 Å². The summed E-state index contributed by atoms with van der Waals surface area (Å²) < 4.78 is 18.4. The van der Waals surface area contributed by atoms with Crippen LogP contribution < -0.4 is 15.0 Å². The number of carbonyl (C=O) groups is 2. The second kappa shape index (κ2) is 9.64. The van der Waals surface area contributed by atoms with Gasteiger partial charge in [-0.25, -0.2) is 4.39 Å². The van der Waals surface area contributed by atoms with Gasteiger partial charge in [0.2, 0.25) is 0 Å². The molecule has 2 amide bonds. The molecule has 0 unspecified atom stereocenters. The zero-order chi connectivity index (χ0) is 22.5. The van der Waals surface area contributed by atoms with E-state index in [0.717, 1.165) is 41.8 Å². The monoisotopic (exact) mass is 432 g/mol. The average molecular weight is 432 g/mol. The number of halogens is 1. The quantitative estimate of drug-likeness (QED) is 0.628. The van der Waals surface area contributed by atoms with Gasteiger partial charge in [0.05, 0.1) is 7.11 Å². The Morgan fingerprint density at radius 2 is 1.72 bits per heavy atom. The lowest BCUT2D eigenvalue weighted by molar-refractivity contribution is 0.0953. The first-order valence-corrected chi connectivity index (χ1v) is 10.7. The van der Waals surface area contributed by atoms with Crippen LogP contribution in [0, 0.1) is 5.82 Å². The number of hydrogen-bond donors (Lipinski definition) is 1. The Kier molecular flexibility index (Phi) is 6.50. The molecule has 4 rings (SSSR count). The number of amides is 2. The maximum Gasteiger partial charge on any atom is 0.258 e. The van der Waals surface area contributed by atoms with Crippen molar-refractivity contribution >= 4 is 17.5 Å². The molecule has 3 aromatic rings. The van der Waals surface area contributed by atoms with Gasteiger partial charge in [-0.15, -0.1) is 0 Å². The molecule has 1 aliphatic rings. The number of methoxy groups -OCH3 is 1. The molecule has 32 heavy (non-hydrogen) atoms. The second-order valence-electron chi connectivity index (χ2n) is 7.76. The lowest BCUT2D eigenvalue weighted by atomic mass is 9.98. The number of nitrogens with zero attached hydrogens (tertiary/aromatic N) is 1. The van der Waals surface area contributed by atoms with E-state index in [9.17, 15) is 14.0 Å². The Hall–Kier alpha value is -3.67. The molecule has 0 aromatic heterocycles. The van der Waals surface area contributed by atoms with Crippen LogP contribution >= 0.6 is 0 Å². The third-order valence-corrected chi connectivity index (χ3v) is 5.65. The van der Waals surface area contributed by atoms with Gasteiger partial charge in [0, 0.05) is 29.9 Å². The molecule has 0 aliphatic carbocycles. The van der Waals surface area contributed by atoms with Crippen molar-refractivity contribution in [3.63, 3.8) is 0 Å². The van der Waals surface area contributed by atoms with Gasteiger partial charge in [-0.2, -0.15) is 0 Å². The fourth-order valence-electron chi connectivity index (χ4n) is 3.91. The Labute approximate surface area is 186 Å². The first kappa shape index (κ1) is 21.6. The number of aryl methyl sites for hydroxylation is 1. The minimum Gasteiger partial charge on any atom is -0.497 e. The summed E-state index contributed by atoms with van der Waals surface area (Å²) in [7, 11) is 1.63. The summed E-state index contributed by atoms with van der Waals surface area (Å²) in [6, 6.07) is 18.8. The first-order valence-electron chi connectivity index (χ1n) is 10.7. The molecular formula is C26H25FN2O3. The van der Waals surface area contributed by atoms with Gasteiger partial charge in [-0.3, -0.25) is 9.59 Å². The van der Waals surface area contributed by atoms with E-state index in [1.807, 2.05) is 36.4 Å². The molecule has 6 heteroatoms. The fourth-order valence-corrected chi connectivity index (χ4v) is 3.91. The molecule has 0 saturated heterocycles. The van der Waals surface area contributed by atoms with Crippen LogP contribution in [0.5, 0.6) is 5.75 Å². The van der Waals surface area contributed by atoms with Crippen LogP contribution in [0.4, 0.5) is 10.1 Å². The van der Waals surface area contributed by atoms with Crippen molar-refractivity contribution in [3.8, 4) is 5.75 Å². The van der Waals surface area contributed by atoms with Gasteiger partial charge in [0.15, 0.2) is 0 Å². The highest BCUT2D eigenvalue weighted by molar-refractivity contribution is 6.07. The highest BCUT2D eigenvalue weighted by Gasteiger charge is 2.24. The van der Waals surface area contributed by atoms with Crippen LogP contribution in [0.25, 0.3) is 0 Å². The molecule has 0 bridgehead atoms. The van der Waals surface area contributed by atoms with E-state index in [0.29, 0.717) is 24.2 Å². The molecule has 1 heterocycles. The smallest absolute Gasteiger partial charge is 0.258 e. The SMILES string of the molecule is COc1ccc(CCNC(=O)c2ccc3c(c2)CCCN3C(=O)c2ccc(F)cc2)cc1. The lowest BCUT2D eigenvalue weighted by Crippen LogP contribution is -2.35. The summed E-state index contributed by atoms with van der Waals surface area (Å²) in [5.74, 6) is 0.132. The molecule has 0 fully saturated rings. The standard InChI is InChI=1S/C26H25FN2O3/c1-32-23-11-4-18(5-12-23)14-15-28-25(30)21-8-13-24-20(17-21)3-2-16-29(24)26(31)19-6-9-22(27)10-7-19/h4-13,17H,2-3,14-16H2,1H3,(H,28,30). The number of rotatable bonds is 6. The summed E-state index contributed by atoms with van der Waals surface area (Å²) in [4.78, 5) is 27.3. The van der Waals surface area contributed by atoms with E-state index >= 15 is 0 Å². The van der Waals surface area contributed by atoms with E-state index in [4.69, 9.17) is 4.74 Å². The Balaban J connectivity index is 1.41. The molecule has 0 radical (unpaired) electrons. The molecule has 1 N–H and O–H groups in total. The molecule has 0 saturated carbocycles. The third-order valence-electron chi connectivity index (χ3n) is 5.65. The summed E-state index contributed by atoms with van der Waals surface area (Å²) in [5.41, 5.74) is 3.91. The molecule has 164 valence electrons. The Morgan fingerprint density at radius 3 is 2.44 bits per heavy atom. The van der Waals surface area contributed by atoms with E-state index in [1.165, 1.54) is 24.3 Å². The maximum atomic E-state index is 13.2. The fraction of sp³-hybridized carbons (Fsp3) is 0.231. The minimum absolute atomic E-state index is 0.136. The van der Waals surface area contributed by atoms with Crippen LogP contribution in [0.1, 0.15) is 38.3 Å². The average Bonchev–Trinajstić information content (AvgIpc) is 2.83. The summed E-state index contributed by atoms with van der Waals surface area (Å²) in [6.45, 7) is 1.12. The Bertz CT molecular complexity index is 1110. The van der Waals surface area contributed by atoms with Crippen molar-refractivity contribution in [2.75, 3.05) is 25.1 Å². The van der Waals surface area contributed by atoms with Crippen molar-refractivity contribution < 1.29 is 18.7 Å². The normalized spacial score (nSPS) is 12.8. The van der Waals surface area contributed by atoms with Gasteiger partial charge in [0.1, 0.15) is 11.6 Å². The predicted octanol–water partition coefficient (Wildman–Crippen LogP) is 4.40. The molecule has 0 spiro atoms. The summed E-state index contributed by atoms with van der Waals surface area (Å²) in [5, 5.41) is 2.96. The van der Waals surface area contributed by atoms with Crippen LogP contribution in [0.3, 0.4) is 0 Å². The highest BCUT2D eigenvalue weighted by Crippen LogP contribution is 2.29. The van der Waals surface area contributed by atoms with E-state index < -0.39 is 0 Å². The molecular weight excluding hydrogens is 407 g/mol. The number of carbonyl (C=O) groups excluding carboxylic acids is 2. The molecule has 0 atom stereocenters. The Morgan fingerprint density at radius 1 is 1.00 bits per heavy atom. The van der Waals surface area contributed by atoms with Crippen molar-refractivity contribution in [2.45, 2.75) is 19.3 Å². The molecule has 3 aromatic carbocycles. The summed E-state index contributed by atoms with van der Waals surface area (Å²) >= 11 is 0. The lowest BCUT2D eigenvalue weighted by Gasteiger charge is -2.30. The maximum absolute atomic E-state index is 13.2. The van der Waals surface area contributed by atoms with Crippen LogP contribution in [-0.4, -0.2) is 32.0 Å². The van der Waals surface area contributed by atoms with Crippen molar-refractivity contribution in [3.05, 3.63) is 94.8 Å². The third kappa shape index (κ3) is 4.80. The van der Waals surface area contributed by atoms with E-state index in [1.54, 1.807) is 18.1 Å². The zero-order valence-electron chi connectivity index (χ0n) is 17.9. The number of benzene rings is 3. The minimum atomic E-state index is -0.372. The number of fused-ring (bicyclic) bond motifs is 1. The number of anilines is 1. The van der Waals surface area contributed by atoms with Crippen LogP contribution in [-0.2, 0) is 12.8 Å². The number of nitrogens with one attached hydrogen (secondary N) is 1. The van der Waals surface area contributed by atoms with Gasteiger partial charge in [-0.1, -0.05) is 12.1 Å². The number of hydrogen-bond acceptors (Lipinski definition) is 3.